The summed E-state index contributed by atoms with van der Waals surface area (Å²) in [7, 11) is 0. The summed E-state index contributed by atoms with van der Waals surface area (Å²) in [5.74, 6) is -3.00. The van der Waals surface area contributed by atoms with Crippen molar-refractivity contribution in [1.82, 2.24) is 10.0 Å². The molecule has 9 nitrogen and oxygen atoms in total. The number of allylic oxidation sites excluding steroid dienone is 2. The first kappa shape index (κ1) is 25.7. The van der Waals surface area contributed by atoms with Crippen molar-refractivity contribution in [3.8, 4) is 0 Å². The lowest BCUT2D eigenvalue weighted by atomic mass is 9.63. The van der Waals surface area contributed by atoms with Crippen molar-refractivity contribution in [1.29, 1.82) is 0 Å². The van der Waals surface area contributed by atoms with Crippen molar-refractivity contribution < 1.29 is 24.1 Å². The second-order valence-corrected chi connectivity index (χ2v) is 11.3. The number of rotatable bonds is 8. The Kier molecular flexibility index (Phi) is 6.31. The molecule has 3 amide bonds. The van der Waals surface area contributed by atoms with Crippen LogP contribution < -0.4 is 0 Å². The first-order valence-corrected chi connectivity index (χ1v) is 13.6. The van der Waals surface area contributed by atoms with Crippen molar-refractivity contribution in [3.63, 3.8) is 0 Å². The van der Waals surface area contributed by atoms with Crippen LogP contribution in [0.2, 0.25) is 5.02 Å². The molecule has 0 N–H and O–H groups in total. The van der Waals surface area contributed by atoms with Gasteiger partial charge in [0.15, 0.2) is 5.78 Å². The molecule has 1 saturated heterocycles. The van der Waals surface area contributed by atoms with Gasteiger partial charge in [-0.05, 0) is 72.9 Å². The number of hydrazine groups is 1. The first-order valence-electron chi connectivity index (χ1n) is 12.7. The van der Waals surface area contributed by atoms with Gasteiger partial charge in [-0.2, -0.15) is 5.01 Å². The van der Waals surface area contributed by atoms with Gasteiger partial charge in [0.25, 0.3) is 23.4 Å². The van der Waals surface area contributed by atoms with Gasteiger partial charge in [-0.3, -0.25) is 29.3 Å². The maximum Gasteiger partial charge on any atom is 0.273 e. The number of ketones is 1. The van der Waals surface area contributed by atoms with Crippen LogP contribution in [0.1, 0.15) is 33.6 Å². The van der Waals surface area contributed by atoms with E-state index in [1.54, 1.807) is 0 Å². The molecule has 2 aromatic rings. The summed E-state index contributed by atoms with van der Waals surface area (Å²) in [5, 5.41) is 13.4. The molecular formula is C28H23Cl2N3O6. The van der Waals surface area contributed by atoms with E-state index in [-0.39, 0.29) is 41.0 Å². The predicted octanol–water partition coefficient (Wildman–Crippen LogP) is 4.54. The fourth-order valence-corrected chi connectivity index (χ4v) is 6.99. The van der Waals surface area contributed by atoms with Gasteiger partial charge < -0.3 is 0 Å². The number of hydrogen-bond donors (Lipinski definition) is 0. The normalized spacial score (nSPS) is 28.6. The number of carbonyl (C=O) groups excluding carboxylic acids is 4. The Bertz CT molecular complexity index is 1390. The zero-order valence-electron chi connectivity index (χ0n) is 20.5. The highest BCUT2D eigenvalue weighted by Gasteiger charge is 2.68. The number of nitro groups is 1. The fourth-order valence-electron chi connectivity index (χ4n) is 6.66. The van der Waals surface area contributed by atoms with E-state index in [1.165, 1.54) is 36.4 Å². The average molecular weight is 568 g/mol. The molecule has 7 atom stereocenters. The summed E-state index contributed by atoms with van der Waals surface area (Å²) in [6.45, 7) is 0. The Morgan fingerprint density at radius 3 is 2.00 bits per heavy atom. The average Bonchev–Trinajstić information content (AvgIpc) is 3.72. The molecule has 200 valence electrons. The summed E-state index contributed by atoms with van der Waals surface area (Å²) >= 11 is 12.1. The molecule has 0 spiro atoms. The molecule has 5 aliphatic rings. The van der Waals surface area contributed by atoms with Gasteiger partial charge >= 0.3 is 0 Å². The summed E-state index contributed by atoms with van der Waals surface area (Å²) < 4.78 is 0. The molecular weight excluding hydrogens is 545 g/mol. The van der Waals surface area contributed by atoms with Crippen LogP contribution in [-0.2, 0) is 9.59 Å². The largest absolute Gasteiger partial charge is 0.292 e. The summed E-state index contributed by atoms with van der Waals surface area (Å²) in [4.78, 5) is 66.3. The minimum absolute atomic E-state index is 0.0107. The quantitative estimate of drug-likeness (QED) is 0.115. The van der Waals surface area contributed by atoms with Crippen molar-refractivity contribution in [2.45, 2.75) is 18.9 Å². The Labute approximate surface area is 233 Å². The van der Waals surface area contributed by atoms with Gasteiger partial charge in [0.1, 0.15) is 6.04 Å². The van der Waals surface area contributed by atoms with Crippen LogP contribution in [0.5, 0.6) is 0 Å². The standard InChI is InChI=1S/C28H23Cl2N3O6/c29-12-11-22(25(34)14-1-5-16(30)6-2-14)31(26(35)15-3-7-17(8-4-15)33(38)39)32-27(36)23-18-9-10-19(21-13-20(18)21)24(23)28(32)37/h1-10,18-24H,11-13H2/t18-,19-,20-,21-,22-,23+,24+/m0/s1. The topological polar surface area (TPSA) is 118 Å². The van der Waals surface area contributed by atoms with Crippen molar-refractivity contribution >= 4 is 52.4 Å². The van der Waals surface area contributed by atoms with E-state index in [2.05, 4.69) is 0 Å². The van der Waals surface area contributed by atoms with Crippen LogP contribution in [0.15, 0.2) is 60.7 Å². The van der Waals surface area contributed by atoms with Gasteiger partial charge in [0, 0.05) is 34.2 Å². The minimum Gasteiger partial charge on any atom is -0.292 e. The number of hydrogen-bond acceptors (Lipinski definition) is 6. The third kappa shape index (κ3) is 4.06. The van der Waals surface area contributed by atoms with Crippen LogP contribution in [0.4, 0.5) is 5.69 Å². The molecule has 2 bridgehead atoms. The maximum absolute atomic E-state index is 14.0. The number of alkyl halides is 1. The minimum atomic E-state index is -1.28. The number of nitro benzene ring substituents is 1. The molecule has 2 aromatic carbocycles. The number of carbonyl (C=O) groups is 4. The highest BCUT2D eigenvalue weighted by Crippen LogP contribution is 2.65. The second-order valence-electron chi connectivity index (χ2n) is 10.5. The Balaban J connectivity index is 1.43. The number of halogens is 2. The highest BCUT2D eigenvalue weighted by atomic mass is 35.5. The van der Waals surface area contributed by atoms with Gasteiger partial charge in [-0.15, -0.1) is 11.6 Å². The van der Waals surface area contributed by atoms with Crippen LogP contribution in [0.25, 0.3) is 0 Å². The van der Waals surface area contributed by atoms with Crippen LogP contribution in [0.3, 0.4) is 0 Å². The van der Waals surface area contributed by atoms with Crippen molar-refractivity contribution in [3.05, 3.63) is 86.9 Å². The predicted molar refractivity (Wildman–Crippen MR) is 141 cm³/mol. The van der Waals surface area contributed by atoms with Crippen LogP contribution >= 0.6 is 23.2 Å². The molecule has 0 unspecified atom stereocenters. The van der Waals surface area contributed by atoms with Gasteiger partial charge in [0.05, 0.1) is 16.8 Å². The summed E-state index contributed by atoms with van der Waals surface area (Å²) in [5.41, 5.74) is -0.00660. The zero-order chi connectivity index (χ0) is 27.6. The lowest BCUT2D eigenvalue weighted by Crippen LogP contribution is -2.57. The third-order valence-electron chi connectivity index (χ3n) is 8.50. The van der Waals surface area contributed by atoms with E-state index < -0.39 is 46.3 Å². The molecule has 1 aliphatic heterocycles. The molecule has 0 radical (unpaired) electrons. The highest BCUT2D eigenvalue weighted by molar-refractivity contribution is 6.30. The molecule has 2 saturated carbocycles. The van der Waals surface area contributed by atoms with E-state index in [9.17, 15) is 29.3 Å². The van der Waals surface area contributed by atoms with E-state index in [0.717, 1.165) is 28.6 Å². The molecule has 3 fully saturated rings. The Hall–Kier alpha value is -3.56. The van der Waals surface area contributed by atoms with E-state index in [1.807, 2.05) is 12.2 Å². The zero-order valence-corrected chi connectivity index (χ0v) is 22.0. The smallest absolute Gasteiger partial charge is 0.273 e. The SMILES string of the molecule is O=C(c1ccc(Cl)cc1)[C@H](CCCl)N(C(=O)c1ccc([N+](=O)[O-])cc1)N1C(=O)[C@@H]2[C@H]3C=C[C@@H]([C@@H]4C[C@@H]34)[C@H]2C1=O. The molecule has 4 aliphatic carbocycles. The Morgan fingerprint density at radius 2 is 1.49 bits per heavy atom. The molecule has 39 heavy (non-hydrogen) atoms. The van der Waals surface area contributed by atoms with Crippen molar-refractivity contribution in [2.24, 2.45) is 35.5 Å². The lowest BCUT2D eigenvalue weighted by molar-refractivity contribution is -0.384. The maximum atomic E-state index is 14.0. The van der Waals surface area contributed by atoms with Crippen molar-refractivity contribution in [2.75, 3.05) is 5.88 Å². The summed E-state index contributed by atoms with van der Waals surface area (Å²) in [6, 6.07) is 9.61. The monoisotopic (exact) mass is 567 g/mol. The van der Waals surface area contributed by atoms with E-state index >= 15 is 0 Å². The third-order valence-corrected chi connectivity index (χ3v) is 8.97. The van der Waals surface area contributed by atoms with E-state index in [0.29, 0.717) is 16.9 Å². The molecule has 11 heteroatoms. The van der Waals surface area contributed by atoms with Crippen LogP contribution in [0, 0.1) is 45.6 Å². The number of nitrogens with zero attached hydrogens (tertiary/aromatic N) is 3. The van der Waals surface area contributed by atoms with Gasteiger partial charge in [0.2, 0.25) is 0 Å². The number of imide groups is 1. The summed E-state index contributed by atoms with van der Waals surface area (Å²) in [6.07, 6.45) is 4.98. The second kappa shape index (κ2) is 9.57. The molecule has 7 rings (SSSR count). The van der Waals surface area contributed by atoms with Crippen LogP contribution in [-0.4, -0.2) is 50.4 Å². The number of benzene rings is 2. The first-order chi connectivity index (χ1) is 18.7. The van der Waals surface area contributed by atoms with Gasteiger partial charge in [-0.1, -0.05) is 23.8 Å². The number of Topliss-reactive ketones (excluding diaryl/α,β-unsaturated/α-hetero) is 1. The number of amides is 3. The fraction of sp³-hybridized carbons (Fsp3) is 0.357. The Morgan fingerprint density at radius 1 is 0.949 bits per heavy atom. The lowest BCUT2D eigenvalue weighted by Gasteiger charge is -2.37. The molecule has 1 heterocycles. The number of non-ortho nitro benzene ring substituents is 1. The molecule has 0 aromatic heterocycles. The van der Waals surface area contributed by atoms with Gasteiger partial charge in [-0.25, -0.2) is 5.01 Å². The van der Waals surface area contributed by atoms with E-state index in [4.69, 9.17) is 23.2 Å².